The third-order valence-corrected chi connectivity index (χ3v) is 4.33. The lowest BCUT2D eigenvalue weighted by Gasteiger charge is -2.28. The van der Waals surface area contributed by atoms with E-state index in [4.69, 9.17) is 9.47 Å². The molecule has 0 aromatic heterocycles. The van der Waals surface area contributed by atoms with Crippen molar-refractivity contribution in [1.82, 2.24) is 0 Å². The van der Waals surface area contributed by atoms with Gasteiger partial charge in [-0.05, 0) is 51.0 Å². The van der Waals surface area contributed by atoms with Crippen LogP contribution in [0.1, 0.15) is 37.0 Å². The van der Waals surface area contributed by atoms with Gasteiger partial charge in [-0.15, -0.1) is 0 Å². The van der Waals surface area contributed by atoms with Gasteiger partial charge >= 0.3 is 11.9 Å². The first-order chi connectivity index (χ1) is 12.5. The van der Waals surface area contributed by atoms with E-state index >= 15 is 0 Å². The summed E-state index contributed by atoms with van der Waals surface area (Å²) in [5.74, 6) is -0.795. The number of likely N-dealkylation sites (tertiary alicyclic amines) is 1. The molecule has 7 nitrogen and oxygen atoms in total. The van der Waals surface area contributed by atoms with Gasteiger partial charge < -0.3 is 19.7 Å². The third kappa shape index (κ3) is 5.84. The molecule has 0 aliphatic carbocycles. The predicted octanol–water partition coefficient (Wildman–Crippen LogP) is 0.660. The highest BCUT2D eigenvalue weighted by Crippen LogP contribution is 2.11. The number of esters is 2. The number of hydrogen-bond donors (Lipinski definition) is 2. The fourth-order valence-corrected chi connectivity index (χ4v) is 3.11. The third-order valence-electron chi connectivity index (χ3n) is 4.33. The lowest BCUT2D eigenvalue weighted by molar-refractivity contribution is -0.899. The Morgan fingerprint density at radius 2 is 1.81 bits per heavy atom. The number of ether oxygens (including phenoxy) is 2. The molecular weight excluding hydrogens is 336 g/mol. The predicted molar refractivity (Wildman–Crippen MR) is 95.9 cm³/mol. The van der Waals surface area contributed by atoms with Crippen molar-refractivity contribution >= 4 is 23.5 Å². The monoisotopic (exact) mass is 363 g/mol. The number of anilines is 1. The molecule has 1 aromatic carbocycles. The number of amides is 1. The minimum absolute atomic E-state index is 0.117. The second-order valence-corrected chi connectivity index (χ2v) is 6.32. The van der Waals surface area contributed by atoms with E-state index in [0.717, 1.165) is 24.3 Å². The zero-order valence-electron chi connectivity index (χ0n) is 15.4. The maximum atomic E-state index is 12.3. The van der Waals surface area contributed by atoms with E-state index in [1.165, 1.54) is 0 Å². The van der Waals surface area contributed by atoms with Crippen molar-refractivity contribution in [3.63, 3.8) is 0 Å². The van der Waals surface area contributed by atoms with Crippen molar-refractivity contribution in [2.24, 2.45) is 5.92 Å². The minimum atomic E-state index is -0.381. The molecule has 2 N–H and O–H groups in total. The van der Waals surface area contributed by atoms with E-state index in [-0.39, 0.29) is 23.8 Å². The summed E-state index contributed by atoms with van der Waals surface area (Å²) in [6.45, 7) is 6.04. The van der Waals surface area contributed by atoms with Crippen LogP contribution in [-0.2, 0) is 19.1 Å². The van der Waals surface area contributed by atoms with Gasteiger partial charge in [-0.1, -0.05) is 0 Å². The molecule has 1 aromatic rings. The molecule has 0 spiro atoms. The number of carbonyl (C=O) groups excluding carboxylic acids is 3. The van der Waals surface area contributed by atoms with Gasteiger partial charge in [0.05, 0.1) is 31.9 Å². The lowest BCUT2D eigenvalue weighted by Crippen LogP contribution is -3.14. The smallest absolute Gasteiger partial charge is 0.338 e. The average Bonchev–Trinajstić information content (AvgIpc) is 2.63. The molecule has 142 valence electrons. The van der Waals surface area contributed by atoms with E-state index in [2.05, 4.69) is 5.32 Å². The highest BCUT2D eigenvalue weighted by atomic mass is 16.5. The Bertz CT molecular complexity index is 629. The second-order valence-electron chi connectivity index (χ2n) is 6.32. The second kappa shape index (κ2) is 9.91. The summed E-state index contributed by atoms with van der Waals surface area (Å²) in [6.07, 6.45) is 1.72. The first kappa shape index (κ1) is 19.9. The molecule has 2 rings (SSSR count). The van der Waals surface area contributed by atoms with Gasteiger partial charge in [0.2, 0.25) is 0 Å². The number of benzene rings is 1. The van der Waals surface area contributed by atoms with Gasteiger partial charge in [-0.3, -0.25) is 9.59 Å². The topological polar surface area (TPSA) is 86.1 Å². The van der Waals surface area contributed by atoms with Crippen LogP contribution in [0.25, 0.3) is 0 Å². The quantitative estimate of drug-likeness (QED) is 0.695. The minimum Gasteiger partial charge on any atom is -0.466 e. The van der Waals surface area contributed by atoms with Crippen molar-refractivity contribution < 1.29 is 28.8 Å². The van der Waals surface area contributed by atoms with Gasteiger partial charge in [-0.2, -0.15) is 0 Å². The normalized spacial score (nSPS) is 19.5. The Morgan fingerprint density at radius 1 is 1.12 bits per heavy atom. The van der Waals surface area contributed by atoms with Crippen LogP contribution in [0.3, 0.4) is 0 Å². The first-order valence-corrected chi connectivity index (χ1v) is 9.10. The Balaban J connectivity index is 1.84. The molecule has 1 heterocycles. The fourth-order valence-electron chi connectivity index (χ4n) is 3.11. The summed E-state index contributed by atoms with van der Waals surface area (Å²) in [5, 5.41) is 2.83. The van der Waals surface area contributed by atoms with Crippen molar-refractivity contribution in [1.29, 1.82) is 0 Å². The lowest BCUT2D eigenvalue weighted by atomic mass is 9.98. The molecule has 1 amide bonds. The fraction of sp³-hybridized carbons (Fsp3) is 0.526. The summed E-state index contributed by atoms with van der Waals surface area (Å²) in [7, 11) is 0. The van der Waals surface area contributed by atoms with Crippen LogP contribution in [0.4, 0.5) is 5.69 Å². The van der Waals surface area contributed by atoms with Gasteiger partial charge in [0.15, 0.2) is 6.54 Å². The zero-order valence-corrected chi connectivity index (χ0v) is 15.4. The van der Waals surface area contributed by atoms with Crippen molar-refractivity contribution in [2.45, 2.75) is 26.7 Å². The Kier molecular flexibility index (Phi) is 7.59. The first-order valence-electron chi connectivity index (χ1n) is 9.10. The summed E-state index contributed by atoms with van der Waals surface area (Å²) >= 11 is 0. The van der Waals surface area contributed by atoms with Crippen molar-refractivity contribution in [2.75, 3.05) is 38.2 Å². The molecule has 0 bridgehead atoms. The van der Waals surface area contributed by atoms with Crippen molar-refractivity contribution in [3.05, 3.63) is 29.8 Å². The molecule has 0 radical (unpaired) electrons. The average molecular weight is 363 g/mol. The molecule has 1 aliphatic heterocycles. The van der Waals surface area contributed by atoms with Crippen LogP contribution >= 0.6 is 0 Å². The van der Waals surface area contributed by atoms with E-state index in [9.17, 15) is 14.4 Å². The van der Waals surface area contributed by atoms with Crippen LogP contribution in [-0.4, -0.2) is 50.7 Å². The van der Waals surface area contributed by atoms with E-state index < -0.39 is 0 Å². The van der Waals surface area contributed by atoms with Crippen LogP contribution < -0.4 is 10.2 Å². The number of carbonyl (C=O) groups is 3. The highest BCUT2D eigenvalue weighted by Gasteiger charge is 2.30. The molecule has 0 saturated carbocycles. The van der Waals surface area contributed by atoms with Crippen LogP contribution in [0.2, 0.25) is 0 Å². The van der Waals surface area contributed by atoms with Gasteiger partial charge in [0.1, 0.15) is 5.92 Å². The number of hydrogen-bond acceptors (Lipinski definition) is 5. The standard InChI is InChI=1S/C19H26N2O5/c1-3-25-18(23)14-7-9-16(10-8-14)20-17(22)13-21-11-5-6-15(12-21)19(24)26-4-2/h7-10,15H,3-6,11-13H2,1-2H3,(H,20,22)/p+1/t15-/m0/s1. The van der Waals surface area contributed by atoms with E-state index in [1.54, 1.807) is 38.1 Å². The van der Waals surface area contributed by atoms with Crippen LogP contribution in [0.5, 0.6) is 0 Å². The van der Waals surface area contributed by atoms with Crippen molar-refractivity contribution in [3.8, 4) is 0 Å². The highest BCUT2D eigenvalue weighted by molar-refractivity contribution is 5.93. The maximum absolute atomic E-state index is 12.3. The number of piperidine rings is 1. The Morgan fingerprint density at radius 3 is 2.46 bits per heavy atom. The molecule has 1 fully saturated rings. The number of nitrogens with one attached hydrogen (secondary N) is 2. The van der Waals surface area contributed by atoms with E-state index in [0.29, 0.717) is 37.6 Å². The maximum Gasteiger partial charge on any atom is 0.338 e. The summed E-state index contributed by atoms with van der Waals surface area (Å²) < 4.78 is 10.0. The molecule has 26 heavy (non-hydrogen) atoms. The number of rotatable bonds is 7. The van der Waals surface area contributed by atoms with Gasteiger partial charge in [0.25, 0.3) is 5.91 Å². The SMILES string of the molecule is CCOC(=O)c1ccc(NC(=O)C[NH+]2CCC[C@H](C(=O)OCC)C2)cc1. The Labute approximate surface area is 153 Å². The molecular formula is C19H27N2O5+. The molecule has 2 atom stereocenters. The van der Waals surface area contributed by atoms with Crippen LogP contribution in [0, 0.1) is 5.92 Å². The summed E-state index contributed by atoms with van der Waals surface area (Å²) in [5.41, 5.74) is 1.07. The van der Waals surface area contributed by atoms with E-state index in [1.807, 2.05) is 0 Å². The molecule has 1 unspecified atom stereocenters. The van der Waals surface area contributed by atoms with Gasteiger partial charge in [0, 0.05) is 5.69 Å². The van der Waals surface area contributed by atoms with Crippen LogP contribution in [0.15, 0.2) is 24.3 Å². The molecule has 1 aliphatic rings. The Hall–Kier alpha value is -2.41. The summed E-state index contributed by atoms with van der Waals surface area (Å²) in [4.78, 5) is 36.8. The largest absolute Gasteiger partial charge is 0.466 e. The molecule has 1 saturated heterocycles. The number of quaternary nitrogens is 1. The zero-order chi connectivity index (χ0) is 18.9. The van der Waals surface area contributed by atoms with Gasteiger partial charge in [-0.25, -0.2) is 4.79 Å². The molecule has 7 heteroatoms. The summed E-state index contributed by atoms with van der Waals surface area (Å²) in [6, 6.07) is 6.60.